The van der Waals surface area contributed by atoms with Gasteiger partial charge in [-0.15, -0.1) is 24.8 Å². The summed E-state index contributed by atoms with van der Waals surface area (Å²) in [6.45, 7) is 3.71. The Hall–Kier alpha value is -0.970. The molecule has 0 aromatic heterocycles. The van der Waals surface area contributed by atoms with Crippen molar-refractivity contribution >= 4 is 36.4 Å². The van der Waals surface area contributed by atoms with Gasteiger partial charge in [0.05, 0.1) is 5.56 Å². The zero-order valence-electron chi connectivity index (χ0n) is 13.9. The zero-order chi connectivity index (χ0) is 15.1. The van der Waals surface area contributed by atoms with E-state index in [9.17, 15) is 4.79 Å². The minimum atomic E-state index is 0. The average Bonchev–Trinajstić information content (AvgIpc) is 3.18. The lowest BCUT2D eigenvalue weighted by Gasteiger charge is -2.41. The summed E-state index contributed by atoms with van der Waals surface area (Å²) in [6, 6.07) is 8.19. The zero-order valence-corrected chi connectivity index (χ0v) is 15.5. The molecule has 2 saturated carbocycles. The van der Waals surface area contributed by atoms with Gasteiger partial charge < -0.3 is 10.6 Å². The number of nitrogens with two attached hydrogens (primary N) is 1. The largest absolute Gasteiger partial charge is 0.398 e. The van der Waals surface area contributed by atoms with E-state index in [2.05, 4.69) is 4.90 Å². The number of hydrogen-bond donors (Lipinski definition) is 1. The lowest BCUT2D eigenvalue weighted by molar-refractivity contribution is 0.0496. The van der Waals surface area contributed by atoms with Crippen LogP contribution in [0, 0.1) is 11.8 Å². The molecule has 2 aliphatic carbocycles. The molecule has 1 saturated heterocycles. The van der Waals surface area contributed by atoms with Crippen LogP contribution in [-0.4, -0.2) is 47.9 Å². The van der Waals surface area contributed by atoms with Gasteiger partial charge in [-0.05, 0) is 43.2 Å². The van der Waals surface area contributed by atoms with Gasteiger partial charge in [-0.1, -0.05) is 18.6 Å². The van der Waals surface area contributed by atoms with Gasteiger partial charge in [0.2, 0.25) is 0 Å². The summed E-state index contributed by atoms with van der Waals surface area (Å²) in [7, 11) is 0. The molecule has 2 N–H and O–H groups in total. The van der Waals surface area contributed by atoms with Crippen molar-refractivity contribution in [2.45, 2.75) is 31.7 Å². The number of nitrogen functional groups attached to an aromatic ring is 1. The minimum Gasteiger partial charge on any atom is -0.398 e. The summed E-state index contributed by atoms with van der Waals surface area (Å²) in [5, 5.41) is 0. The van der Waals surface area contributed by atoms with Crippen LogP contribution in [0.15, 0.2) is 24.3 Å². The first kappa shape index (κ1) is 19.4. The van der Waals surface area contributed by atoms with Gasteiger partial charge >= 0.3 is 0 Å². The summed E-state index contributed by atoms with van der Waals surface area (Å²) in [6.07, 6.45) is 5.72. The number of halogens is 2. The highest BCUT2D eigenvalue weighted by molar-refractivity contribution is 5.99. The minimum absolute atomic E-state index is 0. The molecule has 3 fully saturated rings. The van der Waals surface area contributed by atoms with E-state index in [0.717, 1.165) is 44.1 Å². The Morgan fingerprint density at radius 1 is 1.00 bits per heavy atom. The highest BCUT2D eigenvalue weighted by Gasteiger charge is 2.42. The first-order valence-electron chi connectivity index (χ1n) is 8.60. The van der Waals surface area contributed by atoms with Gasteiger partial charge in [0.15, 0.2) is 0 Å². The Kier molecular flexibility index (Phi) is 6.40. The van der Waals surface area contributed by atoms with E-state index in [4.69, 9.17) is 5.73 Å². The summed E-state index contributed by atoms with van der Waals surface area (Å²) in [4.78, 5) is 17.2. The average molecular weight is 372 g/mol. The summed E-state index contributed by atoms with van der Waals surface area (Å²) < 4.78 is 0. The Labute approximate surface area is 156 Å². The molecular weight excluding hydrogens is 345 g/mol. The number of piperazine rings is 1. The maximum atomic E-state index is 12.6. The smallest absolute Gasteiger partial charge is 0.256 e. The second-order valence-electron chi connectivity index (χ2n) is 7.16. The number of benzene rings is 1. The number of amides is 1. The van der Waals surface area contributed by atoms with Crippen LogP contribution in [0.5, 0.6) is 0 Å². The molecule has 4 nitrogen and oxygen atoms in total. The summed E-state index contributed by atoms with van der Waals surface area (Å²) >= 11 is 0. The van der Waals surface area contributed by atoms with Gasteiger partial charge in [0, 0.05) is 37.9 Å². The molecule has 1 amide bonds. The van der Waals surface area contributed by atoms with Crippen molar-refractivity contribution in [1.29, 1.82) is 0 Å². The fourth-order valence-corrected chi connectivity index (χ4v) is 4.78. The van der Waals surface area contributed by atoms with Crippen molar-refractivity contribution in [2.24, 2.45) is 11.8 Å². The quantitative estimate of drug-likeness (QED) is 0.812. The first-order valence-corrected chi connectivity index (χ1v) is 8.60. The second-order valence-corrected chi connectivity index (χ2v) is 7.16. The molecule has 3 atom stereocenters. The molecule has 2 bridgehead atoms. The number of carbonyl (C=O) groups excluding carboxylic acids is 1. The number of carbonyl (C=O) groups is 1. The predicted molar refractivity (Wildman–Crippen MR) is 102 cm³/mol. The van der Waals surface area contributed by atoms with E-state index in [0.29, 0.717) is 11.3 Å². The molecule has 1 aromatic rings. The SMILES string of the molecule is Cl.Cl.Nc1ccccc1C(=O)N1CCN(C2CC3CCC2C3)CC1. The lowest BCUT2D eigenvalue weighted by atomic mass is 9.93. The van der Waals surface area contributed by atoms with Crippen molar-refractivity contribution in [3.05, 3.63) is 29.8 Å². The molecule has 6 heteroatoms. The highest BCUT2D eigenvalue weighted by Crippen LogP contribution is 2.46. The standard InChI is InChI=1S/C18H25N3O.2ClH/c19-16-4-2-1-3-15(16)18(22)21-9-7-20(8-10-21)17-12-13-5-6-14(17)11-13;;/h1-4,13-14,17H,5-12,19H2;2*1H. The molecule has 3 aliphatic rings. The van der Waals surface area contributed by atoms with Crippen LogP contribution in [0.2, 0.25) is 0 Å². The van der Waals surface area contributed by atoms with Crippen molar-refractivity contribution in [1.82, 2.24) is 9.80 Å². The topological polar surface area (TPSA) is 49.6 Å². The third-order valence-electron chi connectivity index (χ3n) is 5.96. The van der Waals surface area contributed by atoms with Crippen LogP contribution in [0.4, 0.5) is 5.69 Å². The van der Waals surface area contributed by atoms with Gasteiger partial charge in [-0.3, -0.25) is 9.69 Å². The number of fused-ring (bicyclic) bond motifs is 2. The van der Waals surface area contributed by atoms with Gasteiger partial charge in [0.25, 0.3) is 5.91 Å². The fourth-order valence-electron chi connectivity index (χ4n) is 4.78. The van der Waals surface area contributed by atoms with Crippen molar-refractivity contribution in [2.75, 3.05) is 31.9 Å². The van der Waals surface area contributed by atoms with Crippen LogP contribution in [0.25, 0.3) is 0 Å². The van der Waals surface area contributed by atoms with Crippen molar-refractivity contribution < 1.29 is 4.79 Å². The number of hydrogen-bond acceptors (Lipinski definition) is 3. The Balaban J connectivity index is 0.00000104. The van der Waals surface area contributed by atoms with E-state index < -0.39 is 0 Å². The van der Waals surface area contributed by atoms with Crippen LogP contribution >= 0.6 is 24.8 Å². The molecule has 0 spiro atoms. The molecule has 24 heavy (non-hydrogen) atoms. The van der Waals surface area contributed by atoms with Crippen LogP contribution in [0.3, 0.4) is 0 Å². The van der Waals surface area contributed by atoms with Crippen LogP contribution in [-0.2, 0) is 0 Å². The maximum Gasteiger partial charge on any atom is 0.256 e. The third-order valence-corrected chi connectivity index (χ3v) is 5.96. The van der Waals surface area contributed by atoms with Gasteiger partial charge in [-0.25, -0.2) is 0 Å². The molecule has 4 rings (SSSR count). The van der Waals surface area contributed by atoms with E-state index in [1.54, 1.807) is 6.07 Å². The van der Waals surface area contributed by atoms with E-state index in [-0.39, 0.29) is 30.7 Å². The van der Waals surface area contributed by atoms with E-state index >= 15 is 0 Å². The first-order chi connectivity index (χ1) is 10.7. The van der Waals surface area contributed by atoms with Crippen molar-refractivity contribution in [3.63, 3.8) is 0 Å². The Morgan fingerprint density at radius 3 is 2.29 bits per heavy atom. The number of nitrogens with zero attached hydrogens (tertiary/aromatic N) is 2. The van der Waals surface area contributed by atoms with E-state index in [1.807, 2.05) is 23.1 Å². The molecule has 0 radical (unpaired) electrons. The van der Waals surface area contributed by atoms with Gasteiger partial charge in [-0.2, -0.15) is 0 Å². The van der Waals surface area contributed by atoms with Crippen LogP contribution in [0.1, 0.15) is 36.0 Å². The van der Waals surface area contributed by atoms with Crippen LogP contribution < -0.4 is 5.73 Å². The van der Waals surface area contributed by atoms with Crippen molar-refractivity contribution in [3.8, 4) is 0 Å². The van der Waals surface area contributed by atoms with Gasteiger partial charge in [0.1, 0.15) is 0 Å². The lowest BCUT2D eigenvalue weighted by Crippen LogP contribution is -2.53. The monoisotopic (exact) mass is 371 g/mol. The summed E-state index contributed by atoms with van der Waals surface area (Å²) in [5.74, 6) is 2.00. The number of para-hydroxylation sites is 1. The molecule has 134 valence electrons. The van der Waals surface area contributed by atoms with E-state index in [1.165, 1.54) is 25.7 Å². The molecule has 3 unspecified atom stereocenters. The highest BCUT2D eigenvalue weighted by atomic mass is 35.5. The summed E-state index contributed by atoms with van der Waals surface area (Å²) in [5.41, 5.74) is 7.17. The fraction of sp³-hybridized carbons (Fsp3) is 0.611. The molecular formula is C18H27Cl2N3O. The molecule has 1 aliphatic heterocycles. The third kappa shape index (κ3) is 3.51. The number of rotatable bonds is 2. The normalized spacial score (nSPS) is 29.0. The second kappa shape index (κ2) is 7.94. The Bertz CT molecular complexity index is 575. The number of anilines is 1. The molecule has 1 aromatic carbocycles. The molecule has 1 heterocycles. The Morgan fingerprint density at radius 2 is 1.71 bits per heavy atom. The predicted octanol–water partition coefficient (Wildman–Crippen LogP) is 3.06. The maximum absolute atomic E-state index is 12.6.